The van der Waals surface area contributed by atoms with Gasteiger partial charge in [-0.2, -0.15) is 0 Å². The lowest BCUT2D eigenvalue weighted by molar-refractivity contribution is -0.119. The Balaban J connectivity index is 1.61. The van der Waals surface area contributed by atoms with Crippen molar-refractivity contribution in [3.63, 3.8) is 0 Å². The number of carbonyl (C=O) groups excluding carboxylic acids is 1. The molecule has 2 aromatic carbocycles. The molecule has 0 aliphatic carbocycles. The molecule has 0 aromatic heterocycles. The number of halogens is 1. The van der Waals surface area contributed by atoms with E-state index in [0.29, 0.717) is 23.7 Å². The monoisotopic (exact) mass is 378 g/mol. The van der Waals surface area contributed by atoms with Crippen molar-refractivity contribution < 1.29 is 13.2 Å². The molecule has 3 rings (SSSR count). The maximum atomic E-state index is 12.2. The third kappa shape index (κ3) is 4.74. The lowest BCUT2D eigenvalue weighted by atomic mass is 10.1. The average molecular weight is 379 g/mol. The Labute approximate surface area is 152 Å². The van der Waals surface area contributed by atoms with E-state index in [1.54, 1.807) is 18.2 Å². The van der Waals surface area contributed by atoms with E-state index in [2.05, 4.69) is 10.6 Å². The molecule has 25 heavy (non-hydrogen) atoms. The van der Waals surface area contributed by atoms with Gasteiger partial charge in [0.25, 0.3) is 0 Å². The van der Waals surface area contributed by atoms with Crippen molar-refractivity contribution in [2.75, 3.05) is 22.1 Å². The van der Waals surface area contributed by atoms with Gasteiger partial charge in [0.1, 0.15) is 0 Å². The molecule has 1 amide bonds. The Morgan fingerprint density at radius 3 is 2.56 bits per heavy atom. The van der Waals surface area contributed by atoms with Crippen LogP contribution in [0.15, 0.2) is 48.5 Å². The highest BCUT2D eigenvalue weighted by Crippen LogP contribution is 2.27. The second-order valence-corrected chi connectivity index (χ2v) is 8.76. The van der Waals surface area contributed by atoms with Crippen LogP contribution in [0.4, 0.5) is 11.4 Å². The molecule has 0 saturated carbocycles. The van der Waals surface area contributed by atoms with E-state index in [-0.39, 0.29) is 17.4 Å². The lowest BCUT2D eigenvalue weighted by Crippen LogP contribution is -2.23. The molecule has 1 fully saturated rings. The third-order valence-corrected chi connectivity index (χ3v) is 6.25. The van der Waals surface area contributed by atoms with Gasteiger partial charge in [0.2, 0.25) is 5.91 Å². The minimum absolute atomic E-state index is 0.0776. The molecule has 1 heterocycles. The van der Waals surface area contributed by atoms with E-state index in [1.165, 1.54) is 0 Å². The van der Waals surface area contributed by atoms with Gasteiger partial charge in [-0.15, -0.1) is 0 Å². The smallest absolute Gasteiger partial charge is 0.228 e. The van der Waals surface area contributed by atoms with E-state index >= 15 is 0 Å². The highest BCUT2D eigenvalue weighted by Gasteiger charge is 2.32. The predicted molar refractivity (Wildman–Crippen MR) is 101 cm³/mol. The van der Waals surface area contributed by atoms with Gasteiger partial charge in [-0.25, -0.2) is 8.42 Å². The molecule has 2 aromatic rings. The van der Waals surface area contributed by atoms with E-state index in [4.69, 9.17) is 11.6 Å². The zero-order valence-corrected chi connectivity index (χ0v) is 15.1. The zero-order valence-electron chi connectivity index (χ0n) is 13.5. The van der Waals surface area contributed by atoms with Crippen molar-refractivity contribution in [2.45, 2.75) is 13.0 Å². The Morgan fingerprint density at radius 2 is 1.92 bits per heavy atom. The first-order valence-corrected chi connectivity index (χ1v) is 10.2. The molecular weight excluding hydrogens is 360 g/mol. The molecule has 0 radical (unpaired) electrons. The van der Waals surface area contributed by atoms with Crippen molar-refractivity contribution >= 4 is 38.7 Å². The Bertz CT molecular complexity index is 869. The topological polar surface area (TPSA) is 75.3 Å². The highest BCUT2D eigenvalue weighted by atomic mass is 35.5. The number of rotatable bonds is 5. The number of nitrogens with one attached hydrogen (secondary N) is 2. The maximum absolute atomic E-state index is 12.2. The van der Waals surface area contributed by atoms with Gasteiger partial charge < -0.3 is 10.6 Å². The second-order valence-electron chi connectivity index (χ2n) is 6.12. The molecule has 1 aliphatic rings. The summed E-state index contributed by atoms with van der Waals surface area (Å²) in [6.45, 7) is 0.645. The van der Waals surface area contributed by atoms with E-state index in [9.17, 15) is 13.2 Å². The number of amides is 1. The molecule has 1 saturated heterocycles. The van der Waals surface area contributed by atoms with Gasteiger partial charge in [-0.3, -0.25) is 4.79 Å². The van der Waals surface area contributed by atoms with Crippen LogP contribution in [0.1, 0.15) is 12.0 Å². The molecule has 0 spiro atoms. The van der Waals surface area contributed by atoms with Crippen LogP contribution in [0, 0.1) is 5.92 Å². The minimum atomic E-state index is -3.08. The standard InChI is InChI=1S/C18H19ClN2O3S/c19-16-10-15(21-18(22)14-8-9-25(23,24)12-14)6-7-17(16)20-11-13-4-2-1-3-5-13/h1-7,10,14,20H,8-9,11-12H2,(H,21,22)/t14-/m0/s1. The third-order valence-electron chi connectivity index (χ3n) is 4.17. The molecule has 5 nitrogen and oxygen atoms in total. The van der Waals surface area contributed by atoms with Crippen LogP contribution in [-0.2, 0) is 21.2 Å². The van der Waals surface area contributed by atoms with Crippen LogP contribution in [0.2, 0.25) is 5.02 Å². The highest BCUT2D eigenvalue weighted by molar-refractivity contribution is 7.91. The number of anilines is 2. The van der Waals surface area contributed by atoms with Gasteiger partial charge in [-0.1, -0.05) is 41.9 Å². The predicted octanol–water partition coefficient (Wildman–Crippen LogP) is 3.33. The fraction of sp³-hybridized carbons (Fsp3) is 0.278. The van der Waals surface area contributed by atoms with Crippen LogP contribution in [0.3, 0.4) is 0 Å². The summed E-state index contributed by atoms with van der Waals surface area (Å²) in [6.07, 6.45) is 0.374. The van der Waals surface area contributed by atoms with Crippen molar-refractivity contribution in [1.82, 2.24) is 0 Å². The average Bonchev–Trinajstić information content (AvgIpc) is 2.95. The maximum Gasteiger partial charge on any atom is 0.228 e. The normalized spacial score (nSPS) is 18.7. The second kappa shape index (κ2) is 7.45. The summed E-state index contributed by atoms with van der Waals surface area (Å²) in [4.78, 5) is 12.2. The van der Waals surface area contributed by atoms with Crippen LogP contribution >= 0.6 is 11.6 Å². The number of carbonyl (C=O) groups is 1. The molecular formula is C18H19ClN2O3S. The molecule has 0 bridgehead atoms. The summed E-state index contributed by atoms with van der Waals surface area (Å²) in [5, 5.41) is 6.49. The number of benzene rings is 2. The largest absolute Gasteiger partial charge is 0.380 e. The Hall–Kier alpha value is -2.05. The Morgan fingerprint density at radius 1 is 1.16 bits per heavy atom. The first kappa shape index (κ1) is 17.8. The van der Waals surface area contributed by atoms with Crippen molar-refractivity contribution in [2.24, 2.45) is 5.92 Å². The van der Waals surface area contributed by atoms with Crippen LogP contribution in [0.25, 0.3) is 0 Å². The van der Waals surface area contributed by atoms with Gasteiger partial charge >= 0.3 is 0 Å². The number of hydrogen-bond acceptors (Lipinski definition) is 4. The molecule has 7 heteroatoms. The van der Waals surface area contributed by atoms with Crippen molar-refractivity contribution in [1.29, 1.82) is 0 Å². The molecule has 2 N–H and O–H groups in total. The van der Waals surface area contributed by atoms with Gasteiger partial charge in [0.05, 0.1) is 28.1 Å². The summed E-state index contributed by atoms with van der Waals surface area (Å²) in [5.41, 5.74) is 2.47. The number of sulfone groups is 1. The molecule has 1 atom stereocenters. The van der Waals surface area contributed by atoms with Crippen molar-refractivity contribution in [3.05, 3.63) is 59.1 Å². The lowest BCUT2D eigenvalue weighted by Gasteiger charge is -2.12. The molecule has 132 valence electrons. The van der Waals surface area contributed by atoms with E-state index < -0.39 is 15.8 Å². The Kier molecular flexibility index (Phi) is 5.30. The SMILES string of the molecule is O=C(Nc1ccc(NCc2ccccc2)c(Cl)c1)[C@H]1CCS(=O)(=O)C1. The first-order valence-electron chi connectivity index (χ1n) is 8.01. The fourth-order valence-corrected chi connectivity index (χ4v) is 4.76. The summed E-state index contributed by atoms with van der Waals surface area (Å²) in [6, 6.07) is 15.2. The first-order chi connectivity index (χ1) is 11.9. The molecule has 1 aliphatic heterocycles. The number of hydrogen-bond donors (Lipinski definition) is 2. The van der Waals surface area contributed by atoms with Gasteiger partial charge in [0, 0.05) is 12.2 Å². The summed E-state index contributed by atoms with van der Waals surface area (Å²) in [5.74, 6) is -0.765. The van der Waals surface area contributed by atoms with E-state index in [1.807, 2.05) is 30.3 Å². The summed E-state index contributed by atoms with van der Waals surface area (Å²) >= 11 is 6.27. The van der Waals surface area contributed by atoms with Gasteiger partial charge in [-0.05, 0) is 30.2 Å². The summed E-state index contributed by atoms with van der Waals surface area (Å²) < 4.78 is 23.0. The quantitative estimate of drug-likeness (QED) is 0.836. The molecule has 0 unspecified atom stereocenters. The van der Waals surface area contributed by atoms with E-state index in [0.717, 1.165) is 11.3 Å². The van der Waals surface area contributed by atoms with Gasteiger partial charge in [0.15, 0.2) is 9.84 Å². The van der Waals surface area contributed by atoms with Crippen LogP contribution in [-0.4, -0.2) is 25.8 Å². The fourth-order valence-electron chi connectivity index (χ4n) is 2.78. The summed E-state index contributed by atoms with van der Waals surface area (Å²) in [7, 11) is -3.08. The van der Waals surface area contributed by atoms with Crippen LogP contribution in [0.5, 0.6) is 0 Å². The van der Waals surface area contributed by atoms with Crippen LogP contribution < -0.4 is 10.6 Å². The minimum Gasteiger partial charge on any atom is -0.380 e. The van der Waals surface area contributed by atoms with Crippen molar-refractivity contribution in [3.8, 4) is 0 Å². The zero-order chi connectivity index (χ0) is 17.9.